The third-order valence-corrected chi connectivity index (χ3v) is 6.52. The van der Waals surface area contributed by atoms with Crippen molar-refractivity contribution in [2.45, 2.75) is 43.9 Å². The highest BCUT2D eigenvalue weighted by atomic mass is 32.2. The molecule has 6 heteroatoms. The lowest BCUT2D eigenvalue weighted by molar-refractivity contribution is 0.464. The predicted octanol–water partition coefficient (Wildman–Crippen LogP) is 3.87. The average molecular weight is 343 g/mol. The van der Waals surface area contributed by atoms with Crippen LogP contribution in [0.25, 0.3) is 22.1 Å². The first-order valence-electron chi connectivity index (χ1n) is 8.52. The van der Waals surface area contributed by atoms with Crippen LogP contribution in [-0.4, -0.2) is 31.2 Å². The van der Waals surface area contributed by atoms with Gasteiger partial charge >= 0.3 is 0 Å². The largest absolute Gasteiger partial charge is 0.450 e. The van der Waals surface area contributed by atoms with Gasteiger partial charge in [0.15, 0.2) is 11.4 Å². The van der Waals surface area contributed by atoms with E-state index < -0.39 is 10.8 Å². The fourth-order valence-corrected chi connectivity index (χ4v) is 4.92. The summed E-state index contributed by atoms with van der Waals surface area (Å²) in [5.41, 5.74) is 2.37. The van der Waals surface area contributed by atoms with Gasteiger partial charge in [-0.15, -0.1) is 0 Å². The number of furan rings is 1. The normalized spacial score (nSPS) is 22.7. The maximum atomic E-state index is 12.1. The molecule has 126 valence electrons. The van der Waals surface area contributed by atoms with Gasteiger partial charge in [-0.05, 0) is 31.4 Å². The van der Waals surface area contributed by atoms with Gasteiger partial charge in [0, 0.05) is 33.2 Å². The van der Waals surface area contributed by atoms with Gasteiger partial charge < -0.3 is 9.73 Å². The second kappa shape index (κ2) is 6.51. The second-order valence-corrected chi connectivity index (χ2v) is 8.30. The molecule has 1 aliphatic rings. The summed E-state index contributed by atoms with van der Waals surface area (Å²) in [6, 6.07) is 8.18. The molecular weight excluding hydrogens is 322 g/mol. The molecule has 0 saturated heterocycles. The molecule has 3 atom stereocenters. The van der Waals surface area contributed by atoms with Crippen molar-refractivity contribution in [3.05, 3.63) is 30.6 Å². The lowest BCUT2D eigenvalue weighted by Gasteiger charge is -2.29. The molecule has 1 fully saturated rings. The first-order valence-corrected chi connectivity index (χ1v) is 9.90. The molecule has 0 aliphatic heterocycles. The Hall–Kier alpha value is -1.95. The monoisotopic (exact) mass is 343 g/mol. The molecule has 3 aromatic rings. The van der Waals surface area contributed by atoms with Crippen molar-refractivity contribution in [1.82, 2.24) is 9.97 Å². The highest BCUT2D eigenvalue weighted by Crippen LogP contribution is 2.32. The van der Waals surface area contributed by atoms with Crippen molar-refractivity contribution in [3.8, 4) is 0 Å². The molecule has 1 aliphatic carbocycles. The van der Waals surface area contributed by atoms with E-state index in [9.17, 15) is 4.21 Å². The smallest absolute Gasteiger partial charge is 0.196 e. The van der Waals surface area contributed by atoms with E-state index in [4.69, 9.17) is 4.42 Å². The zero-order chi connectivity index (χ0) is 16.5. The number of nitrogens with zero attached hydrogens (tertiary/aromatic N) is 2. The fourth-order valence-electron chi connectivity index (χ4n) is 3.57. The molecular formula is C18H21N3O2S. The Morgan fingerprint density at radius 1 is 1.29 bits per heavy atom. The van der Waals surface area contributed by atoms with Crippen LogP contribution in [0.4, 0.5) is 5.82 Å². The predicted molar refractivity (Wildman–Crippen MR) is 97.7 cm³/mol. The molecule has 0 spiro atoms. The Morgan fingerprint density at radius 3 is 3.04 bits per heavy atom. The highest BCUT2D eigenvalue weighted by Gasteiger charge is 2.26. The number of fused-ring (bicyclic) bond motifs is 3. The Bertz CT molecular complexity index is 892. The fraction of sp³-hybridized carbons (Fsp3) is 0.444. The average Bonchev–Trinajstić information content (AvgIpc) is 3.01. The summed E-state index contributed by atoms with van der Waals surface area (Å²) in [6.07, 6.45) is 5.73. The lowest BCUT2D eigenvalue weighted by atomic mass is 9.95. The summed E-state index contributed by atoms with van der Waals surface area (Å²) >= 11 is 0. The van der Waals surface area contributed by atoms with Gasteiger partial charge in [0.05, 0.1) is 0 Å². The number of benzene rings is 1. The van der Waals surface area contributed by atoms with Crippen LogP contribution >= 0.6 is 0 Å². The number of hydrogen-bond donors (Lipinski definition) is 1. The van der Waals surface area contributed by atoms with Gasteiger partial charge in [-0.1, -0.05) is 25.5 Å². The van der Waals surface area contributed by atoms with Crippen molar-refractivity contribution in [2.24, 2.45) is 0 Å². The van der Waals surface area contributed by atoms with Crippen LogP contribution in [0.2, 0.25) is 0 Å². The molecule has 4 rings (SSSR count). The van der Waals surface area contributed by atoms with Crippen LogP contribution in [0.3, 0.4) is 0 Å². The number of hydrogen-bond acceptors (Lipinski definition) is 5. The number of aromatic nitrogens is 2. The molecule has 0 bridgehead atoms. The topological polar surface area (TPSA) is 68.0 Å². The van der Waals surface area contributed by atoms with E-state index in [2.05, 4.69) is 15.3 Å². The highest BCUT2D eigenvalue weighted by molar-refractivity contribution is 7.85. The van der Waals surface area contributed by atoms with Crippen molar-refractivity contribution < 1.29 is 8.63 Å². The molecule has 1 N–H and O–H groups in total. The molecule has 2 heterocycles. The first-order chi connectivity index (χ1) is 11.8. The van der Waals surface area contributed by atoms with E-state index in [-0.39, 0.29) is 11.3 Å². The summed E-state index contributed by atoms with van der Waals surface area (Å²) in [7, 11) is -0.728. The van der Waals surface area contributed by atoms with Crippen molar-refractivity contribution >= 4 is 38.7 Å². The van der Waals surface area contributed by atoms with Gasteiger partial charge in [0.1, 0.15) is 17.4 Å². The quantitative estimate of drug-likeness (QED) is 0.779. The van der Waals surface area contributed by atoms with Crippen LogP contribution in [0.15, 0.2) is 35.0 Å². The van der Waals surface area contributed by atoms with Crippen LogP contribution in [0, 0.1) is 0 Å². The first kappa shape index (κ1) is 15.6. The summed E-state index contributed by atoms with van der Waals surface area (Å²) in [4.78, 5) is 8.78. The van der Waals surface area contributed by atoms with E-state index in [1.165, 1.54) is 0 Å². The van der Waals surface area contributed by atoms with Crippen LogP contribution < -0.4 is 5.32 Å². The van der Waals surface area contributed by atoms with Gasteiger partial charge in [0.2, 0.25) is 0 Å². The Labute approximate surface area is 143 Å². The molecule has 0 amide bonds. The standard InChI is InChI=1S/C18H21N3O2S/c1-2-24(22)13-7-5-6-12(10-13)21-18-17-16(19-11-20-18)14-8-3-4-9-15(14)23-17/h3-4,8-9,11-13H,2,5-7,10H2,1H3,(H,19,20,21). The second-order valence-electron chi connectivity index (χ2n) is 6.30. The maximum Gasteiger partial charge on any atom is 0.196 e. The van der Waals surface area contributed by atoms with E-state index in [1.807, 2.05) is 31.2 Å². The Kier molecular flexibility index (Phi) is 4.22. The van der Waals surface area contributed by atoms with Gasteiger partial charge in [-0.2, -0.15) is 0 Å². The summed E-state index contributed by atoms with van der Waals surface area (Å²) in [5, 5.41) is 4.81. The summed E-state index contributed by atoms with van der Waals surface area (Å²) in [6.45, 7) is 2.00. The summed E-state index contributed by atoms with van der Waals surface area (Å²) in [5.74, 6) is 1.47. The van der Waals surface area contributed by atoms with E-state index in [1.54, 1.807) is 6.33 Å². The maximum absolute atomic E-state index is 12.1. The van der Waals surface area contributed by atoms with Gasteiger partial charge in [0.25, 0.3) is 0 Å². The molecule has 3 unspecified atom stereocenters. The van der Waals surface area contributed by atoms with Crippen molar-refractivity contribution in [3.63, 3.8) is 0 Å². The van der Waals surface area contributed by atoms with Gasteiger partial charge in [-0.25, -0.2) is 9.97 Å². The van der Waals surface area contributed by atoms with E-state index in [0.717, 1.165) is 53.7 Å². The third-order valence-electron chi connectivity index (χ3n) is 4.78. The minimum atomic E-state index is -0.728. The Morgan fingerprint density at radius 2 is 2.17 bits per heavy atom. The van der Waals surface area contributed by atoms with Crippen molar-refractivity contribution in [2.75, 3.05) is 11.1 Å². The zero-order valence-corrected chi connectivity index (χ0v) is 14.5. The molecule has 2 aromatic heterocycles. The minimum Gasteiger partial charge on any atom is -0.450 e. The van der Waals surface area contributed by atoms with Gasteiger partial charge in [-0.3, -0.25) is 4.21 Å². The number of anilines is 1. The third kappa shape index (κ3) is 2.79. The van der Waals surface area contributed by atoms with E-state index >= 15 is 0 Å². The van der Waals surface area contributed by atoms with Crippen LogP contribution in [0.5, 0.6) is 0 Å². The number of nitrogens with one attached hydrogen (secondary N) is 1. The minimum absolute atomic E-state index is 0.283. The zero-order valence-electron chi connectivity index (χ0n) is 13.7. The number of rotatable bonds is 4. The van der Waals surface area contributed by atoms with Crippen LogP contribution in [-0.2, 0) is 10.8 Å². The SMILES string of the molecule is CCS(=O)C1CCCC(Nc2ncnc3c2oc2ccccc23)C1. The van der Waals surface area contributed by atoms with E-state index in [0.29, 0.717) is 5.58 Å². The molecule has 1 saturated carbocycles. The molecule has 24 heavy (non-hydrogen) atoms. The van der Waals surface area contributed by atoms with Crippen LogP contribution in [0.1, 0.15) is 32.6 Å². The summed E-state index contributed by atoms with van der Waals surface area (Å²) < 4.78 is 18.1. The number of para-hydroxylation sites is 1. The molecule has 1 aromatic carbocycles. The lowest BCUT2D eigenvalue weighted by Crippen LogP contribution is -2.33. The molecule has 0 radical (unpaired) electrons. The molecule has 5 nitrogen and oxygen atoms in total. The Balaban J connectivity index is 1.63. The van der Waals surface area contributed by atoms with Crippen molar-refractivity contribution in [1.29, 1.82) is 0 Å².